The molecule has 3 aromatic heterocycles. The Morgan fingerprint density at radius 1 is 1.03 bits per heavy atom. The van der Waals surface area contributed by atoms with Crippen LogP contribution in [0.15, 0.2) is 73.2 Å². The van der Waals surface area contributed by atoms with Crippen molar-refractivity contribution in [3.8, 4) is 28.6 Å². The fraction of sp³-hybridized carbons (Fsp3) is 0.179. The first-order chi connectivity index (χ1) is 18.2. The number of nitrogens with one attached hydrogen (secondary N) is 3. The lowest BCUT2D eigenvalue weighted by Crippen LogP contribution is -2.38. The molecule has 0 saturated carbocycles. The Morgan fingerprint density at radius 3 is 2.59 bits per heavy atom. The molecule has 4 heterocycles. The fourth-order valence-electron chi connectivity index (χ4n) is 4.63. The molecule has 1 aliphatic rings. The summed E-state index contributed by atoms with van der Waals surface area (Å²) in [5.41, 5.74) is 5.28. The Bertz CT molecular complexity index is 1590. The normalized spacial score (nSPS) is 14.0. The maximum absolute atomic E-state index is 13.0. The standard InChI is InChI=1S/C28H24N8O/c29-15-18-8-11-36(12-9-18)28(37)25-13-20-1-2-21(14-24(20)34-25)27-30-10-7-26(35-27)33-23-5-3-19(4-6-23)22-16-31-32-17-22/h1-7,10,13-14,16-18,34H,8-9,11-12H2,(H,31,32)(H,30,33,35). The third kappa shape index (κ3) is 4.65. The Morgan fingerprint density at radius 2 is 1.84 bits per heavy atom. The smallest absolute Gasteiger partial charge is 0.270 e. The monoisotopic (exact) mass is 488 g/mol. The van der Waals surface area contributed by atoms with E-state index in [0.29, 0.717) is 30.4 Å². The number of likely N-dealkylation sites (tertiary alicyclic amines) is 1. The van der Waals surface area contributed by atoms with Crippen LogP contribution in [0.2, 0.25) is 0 Å². The molecule has 5 aromatic rings. The second-order valence-electron chi connectivity index (χ2n) is 9.14. The summed E-state index contributed by atoms with van der Waals surface area (Å²) >= 11 is 0. The average Bonchev–Trinajstić information content (AvgIpc) is 3.63. The highest BCUT2D eigenvalue weighted by Crippen LogP contribution is 2.26. The summed E-state index contributed by atoms with van der Waals surface area (Å²) in [7, 11) is 0. The van der Waals surface area contributed by atoms with Crippen molar-refractivity contribution in [2.45, 2.75) is 12.8 Å². The van der Waals surface area contributed by atoms with Gasteiger partial charge in [0.15, 0.2) is 5.82 Å². The highest BCUT2D eigenvalue weighted by molar-refractivity contribution is 5.98. The van der Waals surface area contributed by atoms with Crippen LogP contribution in [0.5, 0.6) is 0 Å². The molecule has 2 aromatic carbocycles. The number of piperidine rings is 1. The van der Waals surface area contributed by atoms with Gasteiger partial charge in [-0.25, -0.2) is 9.97 Å². The lowest BCUT2D eigenvalue weighted by molar-refractivity contribution is 0.0702. The minimum atomic E-state index is -0.0321. The molecule has 9 heteroatoms. The number of fused-ring (bicyclic) bond motifs is 1. The van der Waals surface area contributed by atoms with Crippen molar-refractivity contribution in [3.05, 3.63) is 78.9 Å². The maximum atomic E-state index is 13.0. The van der Waals surface area contributed by atoms with Gasteiger partial charge in [-0.05, 0) is 48.7 Å². The average molecular weight is 489 g/mol. The molecule has 1 saturated heterocycles. The number of aromatic nitrogens is 5. The highest BCUT2D eigenvalue weighted by atomic mass is 16.2. The number of nitrogens with zero attached hydrogens (tertiary/aromatic N) is 5. The van der Waals surface area contributed by atoms with Crippen LogP contribution in [-0.2, 0) is 0 Å². The van der Waals surface area contributed by atoms with Crippen LogP contribution in [0.1, 0.15) is 23.3 Å². The van der Waals surface area contributed by atoms with Crippen molar-refractivity contribution < 1.29 is 4.79 Å². The number of nitriles is 1. The van der Waals surface area contributed by atoms with Crippen LogP contribution < -0.4 is 5.32 Å². The largest absolute Gasteiger partial charge is 0.351 e. The van der Waals surface area contributed by atoms with Gasteiger partial charge in [0.05, 0.1) is 12.3 Å². The molecule has 9 nitrogen and oxygen atoms in total. The highest BCUT2D eigenvalue weighted by Gasteiger charge is 2.24. The number of hydrogen-bond acceptors (Lipinski definition) is 6. The number of hydrogen-bond donors (Lipinski definition) is 3. The maximum Gasteiger partial charge on any atom is 0.270 e. The summed E-state index contributed by atoms with van der Waals surface area (Å²) < 4.78 is 0. The first-order valence-electron chi connectivity index (χ1n) is 12.2. The quantitative estimate of drug-likeness (QED) is 0.315. The number of amides is 1. The Hall–Kier alpha value is -4.97. The molecule has 0 spiro atoms. The van der Waals surface area contributed by atoms with E-state index in [-0.39, 0.29) is 11.8 Å². The second-order valence-corrected chi connectivity index (χ2v) is 9.14. The van der Waals surface area contributed by atoms with E-state index in [9.17, 15) is 4.79 Å². The number of benzene rings is 2. The van der Waals surface area contributed by atoms with E-state index in [1.165, 1.54) is 0 Å². The molecule has 0 atom stereocenters. The van der Waals surface area contributed by atoms with Gasteiger partial charge in [0.2, 0.25) is 0 Å². The van der Waals surface area contributed by atoms with Gasteiger partial charge in [-0.1, -0.05) is 24.3 Å². The van der Waals surface area contributed by atoms with Crippen LogP contribution >= 0.6 is 0 Å². The van der Waals surface area contributed by atoms with Crippen LogP contribution in [0.4, 0.5) is 11.5 Å². The molecule has 0 unspecified atom stereocenters. The SMILES string of the molecule is N#CC1CCN(C(=O)c2cc3ccc(-c4nccc(Nc5ccc(-c6cn[nH]c6)cc5)n4)cc3[nH]2)CC1. The molecule has 37 heavy (non-hydrogen) atoms. The molecule has 6 rings (SSSR count). The van der Waals surface area contributed by atoms with E-state index in [0.717, 1.165) is 46.1 Å². The van der Waals surface area contributed by atoms with Gasteiger partial charge < -0.3 is 15.2 Å². The summed E-state index contributed by atoms with van der Waals surface area (Å²) in [6.07, 6.45) is 6.82. The fourth-order valence-corrected chi connectivity index (χ4v) is 4.63. The molecule has 0 aliphatic carbocycles. The zero-order chi connectivity index (χ0) is 25.2. The number of carbonyl (C=O) groups is 1. The van der Waals surface area contributed by atoms with E-state index in [4.69, 9.17) is 10.2 Å². The lowest BCUT2D eigenvalue weighted by atomic mass is 9.98. The number of H-pyrrole nitrogens is 2. The van der Waals surface area contributed by atoms with Crippen molar-refractivity contribution in [1.82, 2.24) is 30.0 Å². The molecule has 0 bridgehead atoms. The molecular formula is C28H24N8O. The van der Waals surface area contributed by atoms with Gasteiger partial charge in [-0.3, -0.25) is 9.89 Å². The zero-order valence-electron chi connectivity index (χ0n) is 20.0. The van der Waals surface area contributed by atoms with Crippen LogP contribution in [0, 0.1) is 17.2 Å². The lowest BCUT2D eigenvalue weighted by Gasteiger charge is -2.28. The summed E-state index contributed by atoms with van der Waals surface area (Å²) in [4.78, 5) is 27.2. The van der Waals surface area contributed by atoms with Gasteiger partial charge in [0.25, 0.3) is 5.91 Å². The van der Waals surface area contributed by atoms with E-state index < -0.39 is 0 Å². The molecule has 1 amide bonds. The summed E-state index contributed by atoms with van der Waals surface area (Å²) in [5, 5.41) is 20.2. The van der Waals surface area contributed by atoms with Crippen molar-refractivity contribution >= 4 is 28.3 Å². The van der Waals surface area contributed by atoms with Crippen molar-refractivity contribution in [2.24, 2.45) is 5.92 Å². The first-order valence-corrected chi connectivity index (χ1v) is 12.2. The molecule has 1 fully saturated rings. The van der Waals surface area contributed by atoms with Gasteiger partial charge in [0, 0.05) is 59.1 Å². The predicted molar refractivity (Wildman–Crippen MR) is 141 cm³/mol. The molecular weight excluding hydrogens is 464 g/mol. The Labute approximate surface area is 213 Å². The third-order valence-corrected chi connectivity index (χ3v) is 6.72. The number of rotatable bonds is 5. The summed E-state index contributed by atoms with van der Waals surface area (Å²) in [6, 6.07) is 20.0. The van der Waals surface area contributed by atoms with Crippen molar-refractivity contribution in [3.63, 3.8) is 0 Å². The van der Waals surface area contributed by atoms with Crippen molar-refractivity contribution in [1.29, 1.82) is 5.26 Å². The van der Waals surface area contributed by atoms with Crippen molar-refractivity contribution in [2.75, 3.05) is 18.4 Å². The Kier molecular flexibility index (Phi) is 5.83. The number of aromatic amines is 2. The van der Waals surface area contributed by atoms with Crippen LogP contribution in [0.25, 0.3) is 33.4 Å². The Balaban J connectivity index is 1.19. The van der Waals surface area contributed by atoms with E-state index in [1.54, 1.807) is 12.4 Å². The van der Waals surface area contributed by atoms with Gasteiger partial charge >= 0.3 is 0 Å². The van der Waals surface area contributed by atoms with E-state index in [1.807, 2.05) is 65.7 Å². The van der Waals surface area contributed by atoms with Crippen LogP contribution in [-0.4, -0.2) is 49.0 Å². The minimum Gasteiger partial charge on any atom is -0.351 e. The van der Waals surface area contributed by atoms with Gasteiger partial charge in [0.1, 0.15) is 11.5 Å². The minimum absolute atomic E-state index is 0.0321. The van der Waals surface area contributed by atoms with E-state index in [2.05, 4.69) is 31.6 Å². The number of carbonyl (C=O) groups excluding carboxylic acids is 1. The van der Waals surface area contributed by atoms with Gasteiger partial charge in [-0.2, -0.15) is 10.4 Å². The number of anilines is 2. The van der Waals surface area contributed by atoms with Crippen LogP contribution in [0.3, 0.4) is 0 Å². The van der Waals surface area contributed by atoms with Gasteiger partial charge in [-0.15, -0.1) is 0 Å². The molecule has 3 N–H and O–H groups in total. The third-order valence-electron chi connectivity index (χ3n) is 6.72. The first kappa shape index (κ1) is 22.5. The zero-order valence-corrected chi connectivity index (χ0v) is 20.0. The summed E-state index contributed by atoms with van der Waals surface area (Å²) in [6.45, 7) is 1.22. The topological polar surface area (TPSA) is 126 Å². The molecule has 0 radical (unpaired) electrons. The van der Waals surface area contributed by atoms with E-state index >= 15 is 0 Å². The predicted octanol–water partition coefficient (Wildman–Crippen LogP) is 5.13. The second kappa shape index (κ2) is 9.59. The molecule has 182 valence electrons. The summed E-state index contributed by atoms with van der Waals surface area (Å²) in [5.74, 6) is 1.28. The molecule has 1 aliphatic heterocycles.